The maximum absolute atomic E-state index is 12.7. The van der Waals surface area contributed by atoms with E-state index in [0.717, 1.165) is 41.4 Å². The third-order valence-electron chi connectivity index (χ3n) is 3.77. The van der Waals surface area contributed by atoms with Crippen LogP contribution in [0, 0.1) is 6.92 Å². The Labute approximate surface area is 122 Å². The number of nitrogens with zero attached hydrogens (tertiary/aromatic N) is 1. The van der Waals surface area contributed by atoms with Gasteiger partial charge in [-0.3, -0.25) is 4.79 Å². The number of likely N-dealkylation sites (tertiary alicyclic amines) is 1. The molecular formula is C15H20BrNO2. The molecule has 2 rings (SSSR count). The summed E-state index contributed by atoms with van der Waals surface area (Å²) in [6, 6.07) is 5.95. The van der Waals surface area contributed by atoms with Gasteiger partial charge in [0.15, 0.2) is 0 Å². The Morgan fingerprint density at radius 2 is 2.26 bits per heavy atom. The van der Waals surface area contributed by atoms with E-state index < -0.39 is 0 Å². The molecule has 0 aromatic heterocycles. The average molecular weight is 326 g/mol. The highest BCUT2D eigenvalue weighted by atomic mass is 79.9. The number of amides is 1. The summed E-state index contributed by atoms with van der Waals surface area (Å²) in [4.78, 5) is 14.6. The van der Waals surface area contributed by atoms with Gasteiger partial charge in [0.1, 0.15) is 0 Å². The molecule has 1 aliphatic rings. The van der Waals surface area contributed by atoms with Crippen molar-refractivity contribution >= 4 is 21.8 Å². The molecule has 0 radical (unpaired) electrons. The molecule has 1 fully saturated rings. The fraction of sp³-hybridized carbons (Fsp3) is 0.533. The van der Waals surface area contributed by atoms with Gasteiger partial charge in [-0.25, -0.2) is 0 Å². The molecule has 1 atom stereocenters. The van der Waals surface area contributed by atoms with Gasteiger partial charge in [-0.1, -0.05) is 12.1 Å². The van der Waals surface area contributed by atoms with E-state index in [2.05, 4.69) is 15.9 Å². The van der Waals surface area contributed by atoms with Crippen LogP contribution in [0.5, 0.6) is 0 Å². The van der Waals surface area contributed by atoms with E-state index in [-0.39, 0.29) is 18.6 Å². The number of aliphatic hydroxyl groups excluding tert-OH is 1. The number of hydrogen-bond donors (Lipinski definition) is 1. The molecule has 0 bridgehead atoms. The SMILES string of the molecule is Cc1cccc(C(=O)N2CCCCC2CCO)c1Br. The van der Waals surface area contributed by atoms with Crippen LogP contribution >= 0.6 is 15.9 Å². The first kappa shape index (κ1) is 14.5. The zero-order chi connectivity index (χ0) is 13.8. The van der Waals surface area contributed by atoms with Crippen LogP contribution in [-0.4, -0.2) is 35.1 Å². The lowest BCUT2D eigenvalue weighted by molar-refractivity contribution is 0.0573. The maximum atomic E-state index is 12.7. The first-order valence-electron chi connectivity index (χ1n) is 6.82. The fourth-order valence-electron chi connectivity index (χ4n) is 2.68. The lowest BCUT2D eigenvalue weighted by atomic mass is 9.98. The lowest BCUT2D eigenvalue weighted by Crippen LogP contribution is -2.44. The van der Waals surface area contributed by atoms with E-state index in [4.69, 9.17) is 5.11 Å². The highest BCUT2D eigenvalue weighted by molar-refractivity contribution is 9.10. The molecule has 1 heterocycles. The number of benzene rings is 1. The quantitative estimate of drug-likeness (QED) is 0.927. The Morgan fingerprint density at radius 1 is 1.47 bits per heavy atom. The van der Waals surface area contributed by atoms with Crippen molar-refractivity contribution in [3.05, 3.63) is 33.8 Å². The predicted octanol–water partition coefficient (Wildman–Crippen LogP) is 3.13. The van der Waals surface area contributed by atoms with E-state index in [1.807, 2.05) is 30.0 Å². The van der Waals surface area contributed by atoms with E-state index >= 15 is 0 Å². The minimum atomic E-state index is 0.0775. The molecule has 0 spiro atoms. The Balaban J connectivity index is 2.23. The van der Waals surface area contributed by atoms with Crippen LogP contribution < -0.4 is 0 Å². The molecule has 1 unspecified atom stereocenters. The standard InChI is InChI=1S/C15H20BrNO2/c1-11-5-4-7-13(14(11)16)15(19)17-9-3-2-6-12(17)8-10-18/h4-5,7,12,18H,2-3,6,8-10H2,1H3. The van der Waals surface area contributed by atoms with Gasteiger partial charge >= 0.3 is 0 Å². The molecule has 0 aliphatic carbocycles. The molecule has 1 amide bonds. The Bertz CT molecular complexity index is 459. The van der Waals surface area contributed by atoms with Gasteiger partial charge in [-0.2, -0.15) is 0 Å². The van der Waals surface area contributed by atoms with Crippen LogP contribution in [0.25, 0.3) is 0 Å². The number of piperidine rings is 1. The van der Waals surface area contributed by atoms with E-state index in [0.29, 0.717) is 6.42 Å². The second kappa shape index (κ2) is 6.53. The van der Waals surface area contributed by atoms with Crippen LogP contribution in [0.15, 0.2) is 22.7 Å². The molecule has 1 aliphatic heterocycles. The van der Waals surface area contributed by atoms with E-state index in [1.165, 1.54) is 0 Å². The van der Waals surface area contributed by atoms with Crippen molar-refractivity contribution in [3.8, 4) is 0 Å². The third kappa shape index (κ3) is 3.18. The fourth-order valence-corrected chi connectivity index (χ4v) is 3.12. The second-order valence-corrected chi connectivity index (χ2v) is 5.89. The van der Waals surface area contributed by atoms with Crippen LogP contribution in [0.1, 0.15) is 41.6 Å². The normalized spacial score (nSPS) is 19.5. The molecule has 0 saturated carbocycles. The van der Waals surface area contributed by atoms with Gasteiger partial charge in [-0.05, 0) is 60.2 Å². The highest BCUT2D eigenvalue weighted by Gasteiger charge is 2.28. The summed E-state index contributed by atoms with van der Waals surface area (Å²) >= 11 is 3.51. The molecule has 19 heavy (non-hydrogen) atoms. The predicted molar refractivity (Wildman–Crippen MR) is 79.3 cm³/mol. The molecule has 1 saturated heterocycles. The Morgan fingerprint density at radius 3 is 3.00 bits per heavy atom. The van der Waals surface area contributed by atoms with Gasteiger partial charge in [0.25, 0.3) is 5.91 Å². The minimum Gasteiger partial charge on any atom is -0.396 e. The molecule has 1 aromatic carbocycles. The zero-order valence-corrected chi connectivity index (χ0v) is 12.8. The van der Waals surface area contributed by atoms with Crippen LogP contribution in [0.3, 0.4) is 0 Å². The summed E-state index contributed by atoms with van der Waals surface area (Å²) < 4.78 is 0.883. The first-order valence-corrected chi connectivity index (χ1v) is 7.61. The molecular weight excluding hydrogens is 306 g/mol. The van der Waals surface area contributed by atoms with Crippen LogP contribution in [-0.2, 0) is 0 Å². The summed E-state index contributed by atoms with van der Waals surface area (Å²) in [5.74, 6) is 0.0775. The lowest BCUT2D eigenvalue weighted by Gasteiger charge is -2.36. The average Bonchev–Trinajstić information content (AvgIpc) is 2.42. The number of hydrogen-bond acceptors (Lipinski definition) is 2. The largest absolute Gasteiger partial charge is 0.396 e. The smallest absolute Gasteiger partial charge is 0.255 e. The van der Waals surface area contributed by atoms with Gasteiger partial charge in [-0.15, -0.1) is 0 Å². The summed E-state index contributed by atoms with van der Waals surface area (Å²) in [6.07, 6.45) is 3.87. The number of halogens is 1. The van der Waals surface area contributed by atoms with E-state index in [1.54, 1.807) is 0 Å². The summed E-state index contributed by atoms with van der Waals surface area (Å²) in [5, 5.41) is 9.14. The number of aliphatic hydroxyl groups is 1. The van der Waals surface area contributed by atoms with Gasteiger partial charge in [0.2, 0.25) is 0 Å². The Hall–Kier alpha value is -0.870. The Kier molecular flexibility index (Phi) is 4.99. The van der Waals surface area contributed by atoms with Crippen molar-refractivity contribution in [1.29, 1.82) is 0 Å². The number of aryl methyl sites for hydroxylation is 1. The van der Waals surface area contributed by atoms with Gasteiger partial charge in [0, 0.05) is 23.7 Å². The summed E-state index contributed by atoms with van der Waals surface area (Å²) in [7, 11) is 0. The summed E-state index contributed by atoms with van der Waals surface area (Å²) in [5.41, 5.74) is 1.80. The highest BCUT2D eigenvalue weighted by Crippen LogP contribution is 2.26. The zero-order valence-electron chi connectivity index (χ0n) is 11.2. The van der Waals surface area contributed by atoms with Crippen molar-refractivity contribution in [2.24, 2.45) is 0 Å². The number of rotatable bonds is 3. The van der Waals surface area contributed by atoms with Crippen molar-refractivity contribution < 1.29 is 9.90 Å². The van der Waals surface area contributed by atoms with Crippen molar-refractivity contribution in [1.82, 2.24) is 4.90 Å². The molecule has 4 heteroatoms. The first-order chi connectivity index (χ1) is 9.15. The molecule has 1 aromatic rings. The topological polar surface area (TPSA) is 40.5 Å². The van der Waals surface area contributed by atoms with Crippen molar-refractivity contribution in [2.45, 2.75) is 38.6 Å². The maximum Gasteiger partial charge on any atom is 0.255 e. The van der Waals surface area contributed by atoms with Gasteiger partial charge < -0.3 is 10.0 Å². The third-order valence-corrected chi connectivity index (χ3v) is 4.83. The monoisotopic (exact) mass is 325 g/mol. The van der Waals surface area contributed by atoms with Gasteiger partial charge in [0.05, 0.1) is 5.56 Å². The molecule has 104 valence electrons. The number of carbonyl (C=O) groups is 1. The molecule has 3 nitrogen and oxygen atoms in total. The second-order valence-electron chi connectivity index (χ2n) is 5.10. The summed E-state index contributed by atoms with van der Waals surface area (Å²) in [6.45, 7) is 2.93. The van der Waals surface area contributed by atoms with Crippen molar-refractivity contribution in [2.75, 3.05) is 13.2 Å². The molecule has 1 N–H and O–H groups in total. The van der Waals surface area contributed by atoms with Crippen LogP contribution in [0.4, 0.5) is 0 Å². The van der Waals surface area contributed by atoms with E-state index in [9.17, 15) is 4.79 Å². The van der Waals surface area contributed by atoms with Crippen LogP contribution in [0.2, 0.25) is 0 Å². The minimum absolute atomic E-state index is 0.0775. The van der Waals surface area contributed by atoms with Crippen molar-refractivity contribution in [3.63, 3.8) is 0 Å². The number of carbonyl (C=O) groups excluding carboxylic acids is 1.